The molecule has 0 aliphatic carbocycles. The fraction of sp³-hybridized carbons (Fsp3) is 0.462. The van der Waals surface area contributed by atoms with Crippen LogP contribution in [0.5, 0.6) is 0 Å². The average molecular weight is 244 g/mol. The number of hydrogen-bond donors (Lipinski definition) is 0. The summed E-state index contributed by atoms with van der Waals surface area (Å²) in [7, 11) is 1.67. The monoisotopic (exact) mass is 243 g/mol. The first-order valence-corrected chi connectivity index (χ1v) is 5.86. The van der Waals surface area contributed by atoms with Gasteiger partial charge < -0.3 is 4.74 Å². The van der Waals surface area contributed by atoms with Gasteiger partial charge in [-0.15, -0.1) is 0 Å². The lowest BCUT2D eigenvalue weighted by atomic mass is 9.89. The summed E-state index contributed by atoms with van der Waals surface area (Å²) in [5, 5.41) is 0.467. The Hall–Kier alpha value is -0.600. The van der Waals surface area contributed by atoms with E-state index in [1.54, 1.807) is 13.2 Å². The first-order chi connectivity index (χ1) is 7.63. The highest BCUT2D eigenvalue weighted by Crippen LogP contribution is 2.36. The van der Waals surface area contributed by atoms with Gasteiger partial charge in [-0.3, -0.25) is 0 Å². The fourth-order valence-corrected chi connectivity index (χ4v) is 2.24. The molecular weight excluding hydrogens is 227 g/mol. The van der Waals surface area contributed by atoms with Crippen molar-refractivity contribution in [1.29, 1.82) is 0 Å². The van der Waals surface area contributed by atoms with Gasteiger partial charge in [0.2, 0.25) is 0 Å². The summed E-state index contributed by atoms with van der Waals surface area (Å²) >= 11 is 6.05. The second-order valence-electron chi connectivity index (χ2n) is 3.65. The number of methoxy groups -OCH3 is 1. The molecule has 0 N–H and O–H groups in total. The van der Waals surface area contributed by atoms with Crippen LogP contribution in [-0.4, -0.2) is 7.11 Å². The van der Waals surface area contributed by atoms with Crippen LogP contribution in [0, 0.1) is 11.9 Å². The zero-order valence-corrected chi connectivity index (χ0v) is 10.6. The Morgan fingerprint density at radius 1 is 1.44 bits per heavy atom. The highest BCUT2D eigenvalue weighted by atomic mass is 35.5. The van der Waals surface area contributed by atoms with Crippen LogP contribution in [-0.2, 0) is 4.74 Å². The van der Waals surface area contributed by atoms with E-state index in [4.69, 9.17) is 16.3 Å². The molecular formula is C13H17ClFO. The maximum absolute atomic E-state index is 13.0. The normalized spacial score (nSPS) is 13.1. The average Bonchev–Trinajstić information content (AvgIpc) is 2.27. The summed E-state index contributed by atoms with van der Waals surface area (Å²) in [5.74, 6) is -0.165. The molecule has 3 heteroatoms. The maximum atomic E-state index is 13.0. The minimum Gasteiger partial charge on any atom is -0.375 e. The Morgan fingerprint density at radius 2 is 2.12 bits per heavy atom. The Labute approximate surface area is 102 Å². The van der Waals surface area contributed by atoms with E-state index in [0.29, 0.717) is 5.02 Å². The molecule has 1 aromatic rings. The first-order valence-electron chi connectivity index (χ1n) is 5.48. The van der Waals surface area contributed by atoms with Crippen molar-refractivity contribution >= 4 is 11.6 Å². The summed E-state index contributed by atoms with van der Waals surface area (Å²) in [4.78, 5) is 0. The number of rotatable bonds is 5. The van der Waals surface area contributed by atoms with Crippen LogP contribution in [0.15, 0.2) is 18.2 Å². The third-order valence-corrected chi connectivity index (χ3v) is 3.07. The van der Waals surface area contributed by atoms with Crippen LogP contribution in [0.4, 0.5) is 4.39 Å². The van der Waals surface area contributed by atoms with Gasteiger partial charge >= 0.3 is 0 Å². The molecule has 1 aromatic carbocycles. The Bertz CT molecular complexity index is 337. The van der Waals surface area contributed by atoms with E-state index in [2.05, 4.69) is 6.92 Å². The van der Waals surface area contributed by atoms with Crippen LogP contribution in [0.1, 0.15) is 38.2 Å². The molecule has 89 valence electrons. The highest BCUT2D eigenvalue weighted by molar-refractivity contribution is 6.31. The molecule has 0 saturated heterocycles. The molecule has 0 saturated carbocycles. The molecule has 0 amide bonds. The molecule has 0 aromatic heterocycles. The van der Waals surface area contributed by atoms with E-state index < -0.39 is 0 Å². The van der Waals surface area contributed by atoms with Gasteiger partial charge in [-0.05, 0) is 30.5 Å². The van der Waals surface area contributed by atoms with E-state index in [1.807, 2.05) is 6.92 Å². The summed E-state index contributed by atoms with van der Waals surface area (Å²) < 4.78 is 18.3. The van der Waals surface area contributed by atoms with Gasteiger partial charge in [-0.25, -0.2) is 4.39 Å². The minimum absolute atomic E-state index is 0.142. The van der Waals surface area contributed by atoms with Crippen molar-refractivity contribution in [3.8, 4) is 0 Å². The quantitative estimate of drug-likeness (QED) is 0.737. The largest absolute Gasteiger partial charge is 0.375 e. The molecule has 1 unspecified atom stereocenters. The number of hydrogen-bond acceptors (Lipinski definition) is 1. The molecule has 1 rings (SSSR count). The van der Waals surface area contributed by atoms with Gasteiger partial charge in [-0.1, -0.05) is 31.5 Å². The van der Waals surface area contributed by atoms with Gasteiger partial charge in [0.05, 0.1) is 0 Å². The van der Waals surface area contributed by atoms with Crippen molar-refractivity contribution in [2.24, 2.45) is 0 Å². The fourth-order valence-electron chi connectivity index (χ4n) is 1.94. The number of halogens is 2. The molecule has 0 aliphatic rings. The Kier molecular flexibility index (Phi) is 5.23. The van der Waals surface area contributed by atoms with Crippen molar-refractivity contribution in [3.63, 3.8) is 0 Å². The van der Waals surface area contributed by atoms with E-state index in [9.17, 15) is 4.39 Å². The lowest BCUT2D eigenvalue weighted by Crippen LogP contribution is -2.12. The molecule has 1 radical (unpaired) electrons. The predicted molar refractivity (Wildman–Crippen MR) is 65.0 cm³/mol. The van der Waals surface area contributed by atoms with Gasteiger partial charge in [0.1, 0.15) is 11.9 Å². The lowest BCUT2D eigenvalue weighted by molar-refractivity contribution is 0.171. The SMILES string of the molecule is CC[C](OC)C(CC)c1ccc(F)cc1Cl. The van der Waals surface area contributed by atoms with E-state index >= 15 is 0 Å². The molecule has 0 heterocycles. The van der Waals surface area contributed by atoms with Gasteiger partial charge in [0.15, 0.2) is 0 Å². The minimum atomic E-state index is -0.306. The van der Waals surface area contributed by atoms with E-state index in [0.717, 1.165) is 24.5 Å². The highest BCUT2D eigenvalue weighted by Gasteiger charge is 2.23. The number of ether oxygens (including phenoxy) is 1. The van der Waals surface area contributed by atoms with Crippen LogP contribution in [0.3, 0.4) is 0 Å². The molecule has 1 nitrogen and oxygen atoms in total. The molecule has 16 heavy (non-hydrogen) atoms. The van der Waals surface area contributed by atoms with Crippen LogP contribution < -0.4 is 0 Å². The lowest BCUT2D eigenvalue weighted by Gasteiger charge is -2.24. The topological polar surface area (TPSA) is 9.23 Å². The third kappa shape index (κ3) is 2.96. The molecule has 0 spiro atoms. The van der Waals surface area contributed by atoms with Crippen molar-refractivity contribution in [1.82, 2.24) is 0 Å². The third-order valence-electron chi connectivity index (χ3n) is 2.75. The van der Waals surface area contributed by atoms with Crippen LogP contribution in [0.25, 0.3) is 0 Å². The molecule has 0 bridgehead atoms. The maximum Gasteiger partial charge on any atom is 0.124 e. The summed E-state index contributed by atoms with van der Waals surface area (Å²) in [5.41, 5.74) is 0.935. The van der Waals surface area contributed by atoms with Crippen LogP contribution in [0.2, 0.25) is 5.02 Å². The zero-order valence-electron chi connectivity index (χ0n) is 9.89. The van der Waals surface area contributed by atoms with E-state index in [-0.39, 0.29) is 11.7 Å². The smallest absolute Gasteiger partial charge is 0.124 e. The van der Waals surface area contributed by atoms with E-state index in [1.165, 1.54) is 12.1 Å². The summed E-state index contributed by atoms with van der Waals surface area (Å²) in [6.45, 7) is 4.11. The van der Waals surface area contributed by atoms with Gasteiger partial charge in [0.25, 0.3) is 0 Å². The molecule has 0 fully saturated rings. The van der Waals surface area contributed by atoms with Crippen molar-refractivity contribution in [2.75, 3.05) is 7.11 Å². The van der Waals surface area contributed by atoms with Gasteiger partial charge in [0, 0.05) is 18.1 Å². The Balaban J connectivity index is 3.03. The molecule has 1 atom stereocenters. The van der Waals surface area contributed by atoms with Crippen molar-refractivity contribution in [2.45, 2.75) is 32.6 Å². The molecule has 0 aliphatic heterocycles. The second-order valence-corrected chi connectivity index (χ2v) is 4.06. The number of benzene rings is 1. The summed E-state index contributed by atoms with van der Waals surface area (Å²) in [6, 6.07) is 4.52. The van der Waals surface area contributed by atoms with Crippen molar-refractivity contribution in [3.05, 3.63) is 40.7 Å². The van der Waals surface area contributed by atoms with Crippen molar-refractivity contribution < 1.29 is 9.13 Å². The zero-order chi connectivity index (χ0) is 12.1. The predicted octanol–water partition coefficient (Wildman–Crippen LogP) is 4.56. The summed E-state index contributed by atoms with van der Waals surface area (Å²) in [6.07, 6.45) is 2.71. The standard InChI is InChI=1S/C13H17ClFO/c1-4-10(13(5-2)16-3)11-7-6-9(15)8-12(11)14/h6-8,10H,4-5H2,1-3H3. The van der Waals surface area contributed by atoms with Gasteiger partial charge in [-0.2, -0.15) is 0 Å². The van der Waals surface area contributed by atoms with Crippen LogP contribution >= 0.6 is 11.6 Å². The second kappa shape index (κ2) is 6.21. The Morgan fingerprint density at radius 3 is 2.56 bits per heavy atom. The first kappa shape index (κ1) is 13.5.